The van der Waals surface area contributed by atoms with Gasteiger partial charge in [-0.1, -0.05) is 0 Å². The van der Waals surface area contributed by atoms with E-state index in [1.54, 1.807) is 0 Å². The van der Waals surface area contributed by atoms with Crippen LogP contribution in [0.2, 0.25) is 0 Å². The fourth-order valence-corrected chi connectivity index (χ4v) is 2.40. The Morgan fingerprint density at radius 3 is 2.60 bits per heavy atom. The molecule has 0 aliphatic carbocycles. The molecule has 15 heavy (non-hydrogen) atoms. The molecule has 1 amide bonds. The molecule has 2 aliphatic heterocycles. The molecular formula is C12H22N2O. The van der Waals surface area contributed by atoms with Gasteiger partial charge in [0.15, 0.2) is 0 Å². The second-order valence-corrected chi connectivity index (χ2v) is 4.77. The van der Waals surface area contributed by atoms with Gasteiger partial charge in [-0.2, -0.15) is 0 Å². The molecule has 0 radical (unpaired) electrons. The second kappa shape index (κ2) is 5.50. The molecule has 1 unspecified atom stereocenters. The highest BCUT2D eigenvalue weighted by Gasteiger charge is 2.18. The molecular weight excluding hydrogens is 188 g/mol. The summed E-state index contributed by atoms with van der Waals surface area (Å²) in [6.07, 6.45) is 8.02. The summed E-state index contributed by atoms with van der Waals surface area (Å²) in [4.78, 5) is 13.8. The van der Waals surface area contributed by atoms with Crippen LogP contribution in [0.4, 0.5) is 0 Å². The number of nitrogens with zero attached hydrogens (tertiary/aromatic N) is 1. The Hall–Kier alpha value is -0.570. The Balaban J connectivity index is 1.58. The van der Waals surface area contributed by atoms with Gasteiger partial charge in [-0.25, -0.2) is 0 Å². The van der Waals surface area contributed by atoms with Crippen LogP contribution in [-0.4, -0.2) is 36.5 Å². The molecule has 86 valence electrons. The lowest BCUT2D eigenvalue weighted by molar-refractivity contribution is -0.132. The van der Waals surface area contributed by atoms with Crippen molar-refractivity contribution in [3.8, 4) is 0 Å². The number of hydrogen-bond donors (Lipinski definition) is 1. The van der Waals surface area contributed by atoms with Gasteiger partial charge in [0.1, 0.15) is 0 Å². The van der Waals surface area contributed by atoms with Gasteiger partial charge in [-0.3, -0.25) is 4.79 Å². The van der Waals surface area contributed by atoms with Crippen molar-refractivity contribution in [1.29, 1.82) is 0 Å². The standard InChI is InChI=1S/C12H22N2O/c15-12(14-9-2-1-3-10-14)6-4-5-11-7-8-13-11/h11,13H,1-10H2. The molecule has 1 atom stereocenters. The Morgan fingerprint density at radius 1 is 1.27 bits per heavy atom. The number of likely N-dealkylation sites (tertiary alicyclic amines) is 1. The summed E-state index contributed by atoms with van der Waals surface area (Å²) in [6.45, 7) is 3.17. The van der Waals surface area contributed by atoms with E-state index in [4.69, 9.17) is 0 Å². The second-order valence-electron chi connectivity index (χ2n) is 4.77. The number of carbonyl (C=O) groups excluding carboxylic acids is 1. The fourth-order valence-electron chi connectivity index (χ4n) is 2.40. The van der Waals surface area contributed by atoms with Gasteiger partial charge in [0, 0.05) is 25.6 Å². The predicted octanol–water partition coefficient (Wildman–Crippen LogP) is 1.53. The molecule has 0 aromatic carbocycles. The minimum absolute atomic E-state index is 0.383. The van der Waals surface area contributed by atoms with Crippen LogP contribution in [0.1, 0.15) is 44.9 Å². The van der Waals surface area contributed by atoms with Crippen LogP contribution in [0.3, 0.4) is 0 Å². The van der Waals surface area contributed by atoms with E-state index < -0.39 is 0 Å². The third-order valence-electron chi connectivity index (χ3n) is 3.58. The molecule has 0 aromatic heterocycles. The monoisotopic (exact) mass is 210 g/mol. The summed E-state index contributed by atoms with van der Waals surface area (Å²) >= 11 is 0. The molecule has 2 rings (SSSR count). The Bertz CT molecular complexity index is 208. The number of hydrogen-bond acceptors (Lipinski definition) is 2. The number of carbonyl (C=O) groups is 1. The van der Waals surface area contributed by atoms with Gasteiger partial charge in [0.05, 0.1) is 0 Å². The zero-order valence-electron chi connectivity index (χ0n) is 9.50. The zero-order chi connectivity index (χ0) is 10.5. The molecule has 3 nitrogen and oxygen atoms in total. The highest BCUT2D eigenvalue weighted by molar-refractivity contribution is 5.76. The van der Waals surface area contributed by atoms with E-state index >= 15 is 0 Å². The number of rotatable bonds is 4. The summed E-state index contributed by atoms with van der Waals surface area (Å²) in [5, 5.41) is 3.37. The van der Waals surface area contributed by atoms with Gasteiger partial charge in [-0.15, -0.1) is 0 Å². The first-order valence-electron chi connectivity index (χ1n) is 6.37. The van der Waals surface area contributed by atoms with Crippen molar-refractivity contribution in [2.75, 3.05) is 19.6 Å². The Labute approximate surface area is 92.2 Å². The van der Waals surface area contributed by atoms with Gasteiger partial charge in [0.2, 0.25) is 5.91 Å². The minimum atomic E-state index is 0.383. The number of nitrogens with one attached hydrogen (secondary N) is 1. The van der Waals surface area contributed by atoms with E-state index in [9.17, 15) is 4.79 Å². The maximum atomic E-state index is 11.8. The minimum Gasteiger partial charge on any atom is -0.343 e. The van der Waals surface area contributed by atoms with Crippen molar-refractivity contribution in [1.82, 2.24) is 10.2 Å². The van der Waals surface area contributed by atoms with E-state index in [0.717, 1.165) is 25.9 Å². The third-order valence-corrected chi connectivity index (χ3v) is 3.58. The molecule has 1 N–H and O–H groups in total. The largest absolute Gasteiger partial charge is 0.343 e. The smallest absolute Gasteiger partial charge is 0.222 e. The van der Waals surface area contributed by atoms with Crippen LogP contribution < -0.4 is 5.32 Å². The van der Waals surface area contributed by atoms with E-state index in [1.807, 2.05) is 0 Å². The van der Waals surface area contributed by atoms with E-state index in [0.29, 0.717) is 11.9 Å². The van der Waals surface area contributed by atoms with E-state index in [-0.39, 0.29) is 0 Å². The maximum Gasteiger partial charge on any atom is 0.222 e. The van der Waals surface area contributed by atoms with Crippen LogP contribution >= 0.6 is 0 Å². The van der Waals surface area contributed by atoms with E-state index in [1.165, 1.54) is 38.6 Å². The molecule has 0 aromatic rings. The van der Waals surface area contributed by atoms with Crippen LogP contribution in [0.15, 0.2) is 0 Å². The number of piperidine rings is 1. The van der Waals surface area contributed by atoms with Gasteiger partial charge < -0.3 is 10.2 Å². The van der Waals surface area contributed by atoms with Gasteiger partial charge in [0.25, 0.3) is 0 Å². The molecule has 3 heteroatoms. The first kappa shape index (κ1) is 10.9. The zero-order valence-corrected chi connectivity index (χ0v) is 9.50. The summed E-state index contributed by atoms with van der Waals surface area (Å²) < 4.78 is 0. The molecule has 2 heterocycles. The van der Waals surface area contributed by atoms with Crippen LogP contribution in [0.5, 0.6) is 0 Å². The first-order chi connectivity index (χ1) is 7.36. The van der Waals surface area contributed by atoms with Crippen molar-refractivity contribution in [3.63, 3.8) is 0 Å². The molecule has 0 saturated carbocycles. The summed E-state index contributed by atoms with van der Waals surface area (Å²) in [6, 6.07) is 0.708. The summed E-state index contributed by atoms with van der Waals surface area (Å²) in [5.74, 6) is 0.383. The van der Waals surface area contributed by atoms with E-state index in [2.05, 4.69) is 10.2 Å². The third kappa shape index (κ3) is 3.20. The first-order valence-corrected chi connectivity index (χ1v) is 6.37. The fraction of sp³-hybridized carbons (Fsp3) is 0.917. The van der Waals surface area contributed by atoms with Crippen LogP contribution in [0.25, 0.3) is 0 Å². The van der Waals surface area contributed by atoms with Crippen LogP contribution in [-0.2, 0) is 4.79 Å². The molecule has 0 spiro atoms. The topological polar surface area (TPSA) is 32.3 Å². The highest BCUT2D eigenvalue weighted by Crippen LogP contribution is 2.14. The molecule has 2 saturated heterocycles. The SMILES string of the molecule is O=C(CCCC1CCN1)N1CCCCC1. The normalized spacial score (nSPS) is 26.1. The lowest BCUT2D eigenvalue weighted by Crippen LogP contribution is -2.42. The highest BCUT2D eigenvalue weighted by atomic mass is 16.2. The quantitative estimate of drug-likeness (QED) is 0.763. The number of amides is 1. The predicted molar refractivity (Wildman–Crippen MR) is 60.7 cm³/mol. The summed E-state index contributed by atoms with van der Waals surface area (Å²) in [5.41, 5.74) is 0. The van der Waals surface area contributed by atoms with Crippen molar-refractivity contribution in [2.24, 2.45) is 0 Å². The van der Waals surface area contributed by atoms with Crippen LogP contribution in [0, 0.1) is 0 Å². The van der Waals surface area contributed by atoms with Crippen molar-refractivity contribution < 1.29 is 4.79 Å². The maximum absolute atomic E-state index is 11.8. The lowest BCUT2D eigenvalue weighted by Gasteiger charge is -2.29. The van der Waals surface area contributed by atoms with Crippen molar-refractivity contribution >= 4 is 5.91 Å². The molecule has 2 fully saturated rings. The summed E-state index contributed by atoms with van der Waals surface area (Å²) in [7, 11) is 0. The average molecular weight is 210 g/mol. The van der Waals surface area contributed by atoms with Crippen molar-refractivity contribution in [3.05, 3.63) is 0 Å². The average Bonchev–Trinajstić information content (AvgIpc) is 2.23. The molecule has 0 bridgehead atoms. The molecule has 2 aliphatic rings. The lowest BCUT2D eigenvalue weighted by atomic mass is 10.0. The van der Waals surface area contributed by atoms with Gasteiger partial charge in [-0.05, 0) is 45.1 Å². The van der Waals surface area contributed by atoms with Gasteiger partial charge >= 0.3 is 0 Å². The van der Waals surface area contributed by atoms with Crippen molar-refractivity contribution in [2.45, 2.75) is 51.0 Å². The Kier molecular flexibility index (Phi) is 4.01. The Morgan fingerprint density at radius 2 is 2.00 bits per heavy atom.